The summed E-state index contributed by atoms with van der Waals surface area (Å²) in [6, 6.07) is 10.4. The molecular formula is C23H19Cl3N2O4. The van der Waals surface area contributed by atoms with Gasteiger partial charge in [0.15, 0.2) is 5.78 Å². The van der Waals surface area contributed by atoms with Crippen LogP contribution in [0.4, 0.5) is 0 Å². The Kier molecular flexibility index (Phi) is 6.56. The maximum atomic E-state index is 13.5. The highest BCUT2D eigenvalue weighted by molar-refractivity contribution is 6.36. The molecule has 0 unspecified atom stereocenters. The number of ketones is 1. The standard InChI is InChI=1S/C23H19Cl3N2O4/c24-14-7-5-13(6-8-14)20(29)12-27(21(30)18-10-9-15(25)11-19(18)26)28-22(31)16-3-1-2-4-17(16)23(28)32/h5-11,16-17H,1-4,12H2/t16-,17-/m0/s1. The van der Waals surface area contributed by atoms with E-state index < -0.39 is 41.9 Å². The molecule has 0 spiro atoms. The molecular weight excluding hydrogens is 475 g/mol. The van der Waals surface area contributed by atoms with Gasteiger partial charge in [0.1, 0.15) is 6.54 Å². The molecule has 4 rings (SSSR count). The number of benzene rings is 2. The lowest BCUT2D eigenvalue weighted by Gasteiger charge is -2.30. The molecule has 166 valence electrons. The third kappa shape index (κ3) is 4.27. The Balaban J connectivity index is 1.71. The van der Waals surface area contributed by atoms with Crippen LogP contribution in [0.25, 0.3) is 0 Å². The number of amides is 3. The van der Waals surface area contributed by atoms with Crippen LogP contribution in [0.2, 0.25) is 15.1 Å². The molecule has 0 radical (unpaired) electrons. The minimum atomic E-state index is -0.727. The topological polar surface area (TPSA) is 74.8 Å². The average Bonchev–Trinajstić information content (AvgIpc) is 3.02. The molecule has 6 nitrogen and oxygen atoms in total. The zero-order valence-corrected chi connectivity index (χ0v) is 19.2. The number of rotatable bonds is 5. The molecule has 2 aromatic carbocycles. The summed E-state index contributed by atoms with van der Waals surface area (Å²) in [5, 5.41) is 2.60. The van der Waals surface area contributed by atoms with E-state index in [9.17, 15) is 19.2 Å². The molecule has 0 aromatic heterocycles. The highest BCUT2D eigenvalue weighted by atomic mass is 35.5. The van der Waals surface area contributed by atoms with Crippen LogP contribution in [0.5, 0.6) is 0 Å². The van der Waals surface area contributed by atoms with Crippen LogP contribution in [0.1, 0.15) is 46.4 Å². The molecule has 2 aliphatic rings. The molecule has 1 saturated carbocycles. The number of Topliss-reactive ketones (excluding diaryl/α,β-unsaturated/α-hetero) is 1. The fourth-order valence-corrected chi connectivity index (χ4v) is 4.90. The Morgan fingerprint density at radius 1 is 0.875 bits per heavy atom. The average molecular weight is 494 g/mol. The quantitative estimate of drug-likeness (QED) is 0.431. The SMILES string of the molecule is O=C(CN(C(=O)c1ccc(Cl)cc1Cl)N1C(=O)[C@H]2CCCC[C@@H]2C1=O)c1ccc(Cl)cc1. The van der Waals surface area contributed by atoms with Gasteiger partial charge in [-0.1, -0.05) is 47.6 Å². The minimum Gasteiger partial charge on any atom is -0.292 e. The summed E-state index contributed by atoms with van der Waals surface area (Å²) in [6.45, 7) is -0.504. The van der Waals surface area contributed by atoms with Crippen LogP contribution in [0.3, 0.4) is 0 Å². The summed E-state index contributed by atoms with van der Waals surface area (Å²) in [7, 11) is 0. The van der Waals surface area contributed by atoms with E-state index >= 15 is 0 Å². The molecule has 1 saturated heterocycles. The van der Waals surface area contributed by atoms with Gasteiger partial charge in [0, 0.05) is 15.6 Å². The number of hydrazine groups is 1. The van der Waals surface area contributed by atoms with Crippen molar-refractivity contribution in [3.63, 3.8) is 0 Å². The summed E-state index contributed by atoms with van der Waals surface area (Å²) in [5.74, 6) is -3.04. The molecule has 1 heterocycles. The third-order valence-corrected chi connectivity index (χ3v) is 6.71. The van der Waals surface area contributed by atoms with E-state index in [0.717, 1.165) is 22.9 Å². The minimum absolute atomic E-state index is 0.0374. The lowest BCUT2D eigenvalue weighted by atomic mass is 9.81. The molecule has 2 fully saturated rings. The number of fused-ring (bicyclic) bond motifs is 1. The fourth-order valence-electron chi connectivity index (χ4n) is 4.28. The number of halogens is 3. The highest BCUT2D eigenvalue weighted by Gasteiger charge is 2.51. The molecule has 32 heavy (non-hydrogen) atoms. The van der Waals surface area contributed by atoms with Gasteiger partial charge in [-0.15, -0.1) is 0 Å². The van der Waals surface area contributed by atoms with Crippen molar-refractivity contribution in [3.8, 4) is 0 Å². The molecule has 0 N–H and O–H groups in total. The third-order valence-electron chi connectivity index (χ3n) is 5.91. The first-order valence-electron chi connectivity index (χ1n) is 10.2. The predicted octanol–water partition coefficient (Wildman–Crippen LogP) is 5.06. The van der Waals surface area contributed by atoms with Crippen molar-refractivity contribution in [3.05, 3.63) is 68.7 Å². The molecule has 1 aliphatic heterocycles. The second-order valence-electron chi connectivity index (χ2n) is 7.90. The van der Waals surface area contributed by atoms with Gasteiger partial charge in [0.2, 0.25) is 0 Å². The number of carbonyl (C=O) groups is 4. The summed E-state index contributed by atoms with van der Waals surface area (Å²) < 4.78 is 0. The molecule has 0 bridgehead atoms. The Morgan fingerprint density at radius 2 is 1.44 bits per heavy atom. The van der Waals surface area contributed by atoms with Crippen LogP contribution < -0.4 is 0 Å². The monoisotopic (exact) mass is 492 g/mol. The molecule has 9 heteroatoms. The van der Waals surface area contributed by atoms with E-state index in [0.29, 0.717) is 28.5 Å². The van der Waals surface area contributed by atoms with Gasteiger partial charge < -0.3 is 0 Å². The van der Waals surface area contributed by atoms with Gasteiger partial charge in [0.25, 0.3) is 17.7 Å². The van der Waals surface area contributed by atoms with Crippen LogP contribution in [0, 0.1) is 11.8 Å². The predicted molar refractivity (Wildman–Crippen MR) is 121 cm³/mol. The first kappa shape index (κ1) is 22.8. The van der Waals surface area contributed by atoms with Gasteiger partial charge in [-0.2, -0.15) is 5.01 Å². The Hall–Kier alpha value is -2.41. The van der Waals surface area contributed by atoms with E-state index in [-0.39, 0.29) is 10.6 Å². The normalized spacial score (nSPS) is 20.3. The van der Waals surface area contributed by atoms with Crippen molar-refractivity contribution < 1.29 is 19.2 Å². The van der Waals surface area contributed by atoms with E-state index in [1.165, 1.54) is 30.3 Å². The van der Waals surface area contributed by atoms with Crippen molar-refractivity contribution in [1.29, 1.82) is 0 Å². The molecule has 1 aliphatic carbocycles. The van der Waals surface area contributed by atoms with Gasteiger partial charge in [-0.3, -0.25) is 19.2 Å². The molecule has 2 aromatic rings. The number of hydrogen-bond donors (Lipinski definition) is 0. The van der Waals surface area contributed by atoms with E-state index in [2.05, 4.69) is 0 Å². The maximum Gasteiger partial charge on any atom is 0.274 e. The van der Waals surface area contributed by atoms with Crippen LogP contribution in [-0.4, -0.2) is 40.1 Å². The van der Waals surface area contributed by atoms with Crippen LogP contribution in [-0.2, 0) is 9.59 Å². The summed E-state index contributed by atoms with van der Waals surface area (Å²) in [6.07, 6.45) is 2.85. The second-order valence-corrected chi connectivity index (χ2v) is 9.18. The fraction of sp³-hybridized carbons (Fsp3) is 0.304. The molecule has 3 amide bonds. The number of carbonyl (C=O) groups excluding carboxylic acids is 4. The first-order valence-corrected chi connectivity index (χ1v) is 11.3. The Bertz CT molecular complexity index is 1080. The lowest BCUT2D eigenvalue weighted by molar-refractivity contribution is -0.154. The number of hydrogen-bond acceptors (Lipinski definition) is 4. The zero-order valence-electron chi connectivity index (χ0n) is 16.9. The summed E-state index contributed by atoms with van der Waals surface area (Å²) in [4.78, 5) is 52.8. The number of nitrogens with zero attached hydrogens (tertiary/aromatic N) is 2. The summed E-state index contributed by atoms with van der Waals surface area (Å²) >= 11 is 18.1. The van der Waals surface area contributed by atoms with E-state index in [4.69, 9.17) is 34.8 Å². The van der Waals surface area contributed by atoms with E-state index in [1.807, 2.05) is 0 Å². The Labute approximate surface area is 200 Å². The highest BCUT2D eigenvalue weighted by Crippen LogP contribution is 2.39. The van der Waals surface area contributed by atoms with Crippen molar-refractivity contribution in [1.82, 2.24) is 10.0 Å². The first-order chi connectivity index (χ1) is 15.3. The van der Waals surface area contributed by atoms with E-state index in [1.54, 1.807) is 12.1 Å². The second kappa shape index (κ2) is 9.22. The van der Waals surface area contributed by atoms with Crippen LogP contribution >= 0.6 is 34.8 Å². The maximum absolute atomic E-state index is 13.5. The zero-order chi connectivity index (χ0) is 23.0. The molecule has 2 atom stereocenters. The lowest BCUT2D eigenvalue weighted by Crippen LogP contribution is -2.52. The van der Waals surface area contributed by atoms with Gasteiger partial charge in [-0.05, 0) is 55.3 Å². The van der Waals surface area contributed by atoms with Crippen molar-refractivity contribution in [2.45, 2.75) is 25.7 Å². The van der Waals surface area contributed by atoms with Gasteiger partial charge >= 0.3 is 0 Å². The Morgan fingerprint density at radius 3 is 2.00 bits per heavy atom. The van der Waals surface area contributed by atoms with Crippen molar-refractivity contribution in [2.24, 2.45) is 11.8 Å². The van der Waals surface area contributed by atoms with Crippen molar-refractivity contribution >= 4 is 58.3 Å². The number of imide groups is 1. The smallest absolute Gasteiger partial charge is 0.274 e. The van der Waals surface area contributed by atoms with Gasteiger partial charge in [-0.25, -0.2) is 5.01 Å². The van der Waals surface area contributed by atoms with Crippen molar-refractivity contribution in [2.75, 3.05) is 6.54 Å². The van der Waals surface area contributed by atoms with Crippen LogP contribution in [0.15, 0.2) is 42.5 Å². The largest absolute Gasteiger partial charge is 0.292 e. The summed E-state index contributed by atoms with van der Waals surface area (Å²) in [5.41, 5.74) is 0.335. The van der Waals surface area contributed by atoms with Gasteiger partial charge in [0.05, 0.1) is 22.4 Å².